The summed E-state index contributed by atoms with van der Waals surface area (Å²) in [5.41, 5.74) is 0.708. The first kappa shape index (κ1) is 22.3. The molecule has 2 N–H and O–H groups in total. The molecule has 1 aromatic carbocycles. The van der Waals surface area contributed by atoms with E-state index in [1.54, 1.807) is 31.4 Å². The van der Waals surface area contributed by atoms with E-state index in [0.29, 0.717) is 23.7 Å². The summed E-state index contributed by atoms with van der Waals surface area (Å²) in [5, 5.41) is 4.94. The Kier molecular flexibility index (Phi) is 8.51. The molecule has 0 heterocycles. The lowest BCUT2D eigenvalue weighted by Crippen LogP contribution is -2.47. The fourth-order valence-electron chi connectivity index (χ4n) is 3.00. The molecule has 29 heavy (non-hydrogen) atoms. The fourth-order valence-corrected chi connectivity index (χ4v) is 3.00. The molecule has 1 saturated carbocycles. The standard InChI is InChI=1S/C21H28N2O6/c1-4-28-18-13-15(9-11-17(18)27-3)10-12-19(24)29-14(2)20(25)23-21(26)22-16-7-5-6-8-16/h9-14,16H,4-8H2,1-3H3,(H2,22,23,25,26)/b12-10+/t14-/m1/s1. The van der Waals surface area contributed by atoms with Gasteiger partial charge in [-0.2, -0.15) is 0 Å². The molecular formula is C21H28N2O6. The number of urea groups is 1. The number of carbonyl (C=O) groups excluding carboxylic acids is 3. The fraction of sp³-hybridized carbons (Fsp3) is 0.476. The van der Waals surface area contributed by atoms with Crippen LogP contribution in [0.25, 0.3) is 6.08 Å². The molecule has 0 unspecified atom stereocenters. The highest BCUT2D eigenvalue weighted by Gasteiger charge is 2.22. The van der Waals surface area contributed by atoms with Gasteiger partial charge in [0.2, 0.25) is 0 Å². The lowest BCUT2D eigenvalue weighted by molar-refractivity contribution is -0.149. The second-order valence-corrected chi connectivity index (χ2v) is 6.70. The van der Waals surface area contributed by atoms with Crippen LogP contribution in [0.3, 0.4) is 0 Å². The number of benzene rings is 1. The molecule has 3 amide bonds. The molecule has 1 aromatic rings. The van der Waals surface area contributed by atoms with Gasteiger partial charge in [0.1, 0.15) is 0 Å². The highest BCUT2D eigenvalue weighted by atomic mass is 16.5. The summed E-state index contributed by atoms with van der Waals surface area (Å²) in [6, 6.07) is 4.75. The van der Waals surface area contributed by atoms with E-state index in [9.17, 15) is 14.4 Å². The van der Waals surface area contributed by atoms with Crippen molar-refractivity contribution in [2.45, 2.75) is 51.7 Å². The summed E-state index contributed by atoms with van der Waals surface area (Å²) in [6.07, 6.45) is 5.61. The molecule has 2 rings (SSSR count). The molecule has 0 aromatic heterocycles. The largest absolute Gasteiger partial charge is 0.493 e. The number of rotatable bonds is 8. The number of hydrogen-bond donors (Lipinski definition) is 2. The lowest BCUT2D eigenvalue weighted by atomic mass is 10.2. The zero-order chi connectivity index (χ0) is 21.2. The molecular weight excluding hydrogens is 376 g/mol. The Balaban J connectivity index is 1.84. The van der Waals surface area contributed by atoms with Crippen LogP contribution in [0.5, 0.6) is 11.5 Å². The molecule has 8 heteroatoms. The number of esters is 1. The Bertz CT molecular complexity index is 756. The summed E-state index contributed by atoms with van der Waals surface area (Å²) in [6.45, 7) is 3.75. The SMILES string of the molecule is CCOc1cc(/C=C/C(=O)O[C@H](C)C(=O)NC(=O)NC2CCCC2)ccc1OC. The number of imide groups is 1. The van der Waals surface area contributed by atoms with Gasteiger partial charge in [0.25, 0.3) is 5.91 Å². The minimum atomic E-state index is -1.10. The average molecular weight is 404 g/mol. The van der Waals surface area contributed by atoms with E-state index in [4.69, 9.17) is 14.2 Å². The summed E-state index contributed by atoms with van der Waals surface area (Å²) in [4.78, 5) is 35.8. The smallest absolute Gasteiger partial charge is 0.331 e. The Labute approximate surface area is 170 Å². The maximum Gasteiger partial charge on any atom is 0.331 e. The second kappa shape index (κ2) is 11.1. The minimum absolute atomic E-state index is 0.0923. The lowest BCUT2D eigenvalue weighted by Gasteiger charge is -2.15. The van der Waals surface area contributed by atoms with Crippen molar-refractivity contribution in [1.29, 1.82) is 0 Å². The van der Waals surface area contributed by atoms with E-state index in [0.717, 1.165) is 25.7 Å². The molecule has 1 aliphatic carbocycles. The summed E-state index contributed by atoms with van der Waals surface area (Å²) in [7, 11) is 1.55. The van der Waals surface area contributed by atoms with Crippen LogP contribution in [0.2, 0.25) is 0 Å². The van der Waals surface area contributed by atoms with Crippen molar-refractivity contribution in [2.75, 3.05) is 13.7 Å². The first-order chi connectivity index (χ1) is 13.9. The van der Waals surface area contributed by atoms with Gasteiger partial charge in [-0.3, -0.25) is 10.1 Å². The first-order valence-electron chi connectivity index (χ1n) is 9.73. The number of amides is 3. The van der Waals surface area contributed by atoms with E-state index < -0.39 is 24.0 Å². The monoisotopic (exact) mass is 404 g/mol. The number of methoxy groups -OCH3 is 1. The van der Waals surface area contributed by atoms with Gasteiger partial charge in [-0.1, -0.05) is 18.9 Å². The molecule has 1 fully saturated rings. The van der Waals surface area contributed by atoms with Crippen molar-refractivity contribution in [3.63, 3.8) is 0 Å². The van der Waals surface area contributed by atoms with E-state index >= 15 is 0 Å². The quantitative estimate of drug-likeness (QED) is 0.510. The van der Waals surface area contributed by atoms with Crippen molar-refractivity contribution >= 4 is 24.0 Å². The van der Waals surface area contributed by atoms with Crippen LogP contribution in [0, 0.1) is 0 Å². The molecule has 158 valence electrons. The third-order valence-corrected chi connectivity index (χ3v) is 4.49. The normalized spacial score (nSPS) is 15.0. The number of nitrogens with one attached hydrogen (secondary N) is 2. The van der Waals surface area contributed by atoms with Crippen LogP contribution >= 0.6 is 0 Å². The molecule has 8 nitrogen and oxygen atoms in total. The van der Waals surface area contributed by atoms with Gasteiger partial charge >= 0.3 is 12.0 Å². The highest BCUT2D eigenvalue weighted by molar-refractivity contribution is 5.98. The van der Waals surface area contributed by atoms with Gasteiger partial charge in [-0.25, -0.2) is 9.59 Å². The third-order valence-electron chi connectivity index (χ3n) is 4.49. The predicted molar refractivity (Wildman–Crippen MR) is 108 cm³/mol. The van der Waals surface area contributed by atoms with Gasteiger partial charge in [0.05, 0.1) is 13.7 Å². The second-order valence-electron chi connectivity index (χ2n) is 6.70. The zero-order valence-electron chi connectivity index (χ0n) is 17.0. The maximum atomic E-state index is 12.0. The van der Waals surface area contributed by atoms with E-state index in [1.165, 1.54) is 13.0 Å². The topological polar surface area (TPSA) is 103 Å². The van der Waals surface area contributed by atoms with Gasteiger partial charge in [-0.05, 0) is 50.5 Å². The number of hydrogen-bond acceptors (Lipinski definition) is 6. The van der Waals surface area contributed by atoms with Crippen LogP contribution in [-0.4, -0.2) is 43.8 Å². The number of carbonyl (C=O) groups is 3. The minimum Gasteiger partial charge on any atom is -0.493 e. The Morgan fingerprint density at radius 2 is 1.93 bits per heavy atom. The predicted octanol–water partition coefficient (Wildman–Crippen LogP) is 2.81. The van der Waals surface area contributed by atoms with Crippen LogP contribution in [-0.2, 0) is 14.3 Å². The van der Waals surface area contributed by atoms with E-state index in [1.807, 2.05) is 6.92 Å². The third kappa shape index (κ3) is 7.14. The molecule has 1 atom stereocenters. The van der Waals surface area contributed by atoms with Gasteiger partial charge in [0, 0.05) is 12.1 Å². The number of ether oxygens (including phenoxy) is 3. The highest BCUT2D eigenvalue weighted by Crippen LogP contribution is 2.28. The first-order valence-corrected chi connectivity index (χ1v) is 9.73. The molecule has 0 saturated heterocycles. The summed E-state index contributed by atoms with van der Waals surface area (Å²) < 4.78 is 15.8. The summed E-state index contributed by atoms with van der Waals surface area (Å²) in [5.74, 6) is -0.220. The molecule has 0 radical (unpaired) electrons. The molecule has 1 aliphatic rings. The molecule has 0 spiro atoms. The molecule has 0 aliphatic heterocycles. The maximum absolute atomic E-state index is 12.0. The molecule has 0 bridgehead atoms. The van der Waals surface area contributed by atoms with Crippen molar-refractivity contribution < 1.29 is 28.6 Å². The van der Waals surface area contributed by atoms with Gasteiger partial charge in [-0.15, -0.1) is 0 Å². The van der Waals surface area contributed by atoms with Crippen LogP contribution < -0.4 is 20.1 Å². The van der Waals surface area contributed by atoms with Crippen molar-refractivity contribution in [3.8, 4) is 11.5 Å². The Morgan fingerprint density at radius 1 is 1.21 bits per heavy atom. The van der Waals surface area contributed by atoms with Crippen molar-refractivity contribution in [2.24, 2.45) is 0 Å². The van der Waals surface area contributed by atoms with Gasteiger partial charge < -0.3 is 19.5 Å². The van der Waals surface area contributed by atoms with Crippen LogP contribution in [0.15, 0.2) is 24.3 Å². The zero-order valence-corrected chi connectivity index (χ0v) is 17.0. The Morgan fingerprint density at radius 3 is 2.59 bits per heavy atom. The van der Waals surface area contributed by atoms with Gasteiger partial charge in [0.15, 0.2) is 17.6 Å². The Hall–Kier alpha value is -3.03. The van der Waals surface area contributed by atoms with Crippen molar-refractivity contribution in [1.82, 2.24) is 10.6 Å². The van der Waals surface area contributed by atoms with Crippen molar-refractivity contribution in [3.05, 3.63) is 29.8 Å². The van der Waals surface area contributed by atoms with E-state index in [2.05, 4.69) is 10.6 Å². The average Bonchev–Trinajstić information content (AvgIpc) is 3.19. The van der Waals surface area contributed by atoms with E-state index in [-0.39, 0.29) is 6.04 Å². The van der Waals surface area contributed by atoms with Crippen LogP contribution in [0.1, 0.15) is 45.1 Å². The summed E-state index contributed by atoms with van der Waals surface area (Å²) >= 11 is 0. The van der Waals surface area contributed by atoms with Crippen LogP contribution in [0.4, 0.5) is 4.79 Å².